The van der Waals surface area contributed by atoms with Crippen LogP contribution in [0.15, 0.2) is 54.7 Å². The zero-order chi connectivity index (χ0) is 19.8. The summed E-state index contributed by atoms with van der Waals surface area (Å²) in [7, 11) is 0. The molecule has 0 fully saturated rings. The minimum Gasteiger partial charge on any atom is -0.368 e. The van der Waals surface area contributed by atoms with Gasteiger partial charge in [0.05, 0.1) is 5.56 Å². The molecule has 1 atom stereocenters. The summed E-state index contributed by atoms with van der Waals surface area (Å²) in [6, 6.07) is 14.0. The number of nitrogens with two attached hydrogens (primary N) is 2. The molecule has 28 heavy (non-hydrogen) atoms. The zero-order valence-electron chi connectivity index (χ0n) is 15.2. The van der Waals surface area contributed by atoms with Gasteiger partial charge in [0.25, 0.3) is 5.91 Å². The Hall–Kier alpha value is -3.61. The molecule has 0 aliphatic carbocycles. The van der Waals surface area contributed by atoms with Crippen LogP contribution in [0.4, 0.5) is 0 Å². The fourth-order valence-electron chi connectivity index (χ4n) is 3.95. The van der Waals surface area contributed by atoms with Gasteiger partial charge >= 0.3 is 0 Å². The van der Waals surface area contributed by atoms with Gasteiger partial charge in [-0.3, -0.25) is 14.4 Å². The highest BCUT2D eigenvalue weighted by atomic mass is 16.2. The van der Waals surface area contributed by atoms with E-state index in [4.69, 9.17) is 11.5 Å². The number of hydrogen-bond donors (Lipinski definition) is 2. The van der Waals surface area contributed by atoms with Crippen molar-refractivity contribution in [3.05, 3.63) is 71.4 Å². The topological polar surface area (TPSA) is 111 Å². The van der Waals surface area contributed by atoms with Crippen molar-refractivity contribution in [2.24, 2.45) is 11.5 Å². The van der Waals surface area contributed by atoms with Crippen LogP contribution in [0, 0.1) is 0 Å². The van der Waals surface area contributed by atoms with E-state index in [0.29, 0.717) is 23.9 Å². The van der Waals surface area contributed by atoms with E-state index in [-0.39, 0.29) is 12.5 Å². The predicted octanol–water partition coefficient (Wildman–Crippen LogP) is 1.35. The summed E-state index contributed by atoms with van der Waals surface area (Å²) in [5.74, 6) is -1.35. The lowest BCUT2D eigenvalue weighted by Gasteiger charge is -2.35. The average molecular weight is 376 g/mol. The van der Waals surface area contributed by atoms with Crippen LogP contribution in [0.1, 0.15) is 27.5 Å². The normalized spacial score (nSPS) is 16.0. The largest absolute Gasteiger partial charge is 0.368 e. The van der Waals surface area contributed by atoms with Gasteiger partial charge < -0.3 is 20.9 Å². The molecule has 0 spiro atoms. The Morgan fingerprint density at radius 2 is 1.71 bits per heavy atom. The minimum atomic E-state index is -0.796. The Labute approximate surface area is 161 Å². The molecule has 2 aromatic carbocycles. The molecule has 1 aliphatic rings. The average Bonchev–Trinajstić information content (AvgIpc) is 3.05. The number of fused-ring (bicyclic) bond motifs is 2. The van der Waals surface area contributed by atoms with Crippen LogP contribution < -0.4 is 11.5 Å². The lowest BCUT2D eigenvalue weighted by Crippen LogP contribution is -2.46. The van der Waals surface area contributed by atoms with E-state index in [2.05, 4.69) is 0 Å². The standard InChI is InChI=1S/C21H20N4O3/c22-20(27)16-11-24(17-8-4-3-7-15(16)17)12-18(26)25-10-9-13-5-1-2-6-14(13)19(25)21(23)28/h1-8,11,19H,9-10,12H2,(H2,22,27)(H2,23,28). The van der Waals surface area contributed by atoms with Gasteiger partial charge in [0.15, 0.2) is 0 Å². The summed E-state index contributed by atoms with van der Waals surface area (Å²) >= 11 is 0. The van der Waals surface area contributed by atoms with Gasteiger partial charge in [0.2, 0.25) is 11.8 Å². The van der Waals surface area contributed by atoms with E-state index >= 15 is 0 Å². The number of benzene rings is 2. The molecule has 1 aliphatic heterocycles. The number of hydrogen-bond acceptors (Lipinski definition) is 3. The molecule has 7 nitrogen and oxygen atoms in total. The molecule has 1 aromatic heterocycles. The molecular weight excluding hydrogens is 356 g/mol. The molecule has 0 bridgehead atoms. The molecule has 142 valence electrons. The number of aromatic nitrogens is 1. The number of nitrogens with zero attached hydrogens (tertiary/aromatic N) is 2. The van der Waals surface area contributed by atoms with Crippen LogP contribution in [0.2, 0.25) is 0 Å². The molecule has 0 saturated carbocycles. The molecule has 0 radical (unpaired) electrons. The van der Waals surface area contributed by atoms with Crippen LogP contribution in [0.5, 0.6) is 0 Å². The van der Waals surface area contributed by atoms with Gasteiger partial charge in [-0.15, -0.1) is 0 Å². The molecule has 0 saturated heterocycles. The van der Waals surface area contributed by atoms with E-state index in [0.717, 1.165) is 16.6 Å². The molecule has 3 aromatic rings. The van der Waals surface area contributed by atoms with Gasteiger partial charge in [-0.1, -0.05) is 42.5 Å². The number of carbonyl (C=O) groups excluding carboxylic acids is 3. The van der Waals surface area contributed by atoms with E-state index in [1.165, 1.54) is 4.90 Å². The zero-order valence-corrected chi connectivity index (χ0v) is 15.2. The number of carbonyl (C=O) groups is 3. The predicted molar refractivity (Wildman–Crippen MR) is 104 cm³/mol. The Morgan fingerprint density at radius 1 is 1.00 bits per heavy atom. The molecule has 2 heterocycles. The maximum atomic E-state index is 13.1. The Bertz CT molecular complexity index is 1100. The van der Waals surface area contributed by atoms with E-state index in [1.54, 1.807) is 16.8 Å². The molecule has 3 amide bonds. The number of rotatable bonds is 4. The second-order valence-electron chi connectivity index (χ2n) is 6.89. The van der Waals surface area contributed by atoms with Gasteiger partial charge in [-0.25, -0.2) is 0 Å². The first kappa shape index (κ1) is 17.8. The highest BCUT2D eigenvalue weighted by Crippen LogP contribution is 2.30. The Kier molecular flexibility index (Phi) is 4.35. The van der Waals surface area contributed by atoms with Crippen molar-refractivity contribution in [1.29, 1.82) is 0 Å². The molecule has 4 N–H and O–H groups in total. The van der Waals surface area contributed by atoms with Gasteiger partial charge in [0, 0.05) is 23.6 Å². The third kappa shape index (κ3) is 2.90. The van der Waals surface area contributed by atoms with Crippen molar-refractivity contribution in [2.75, 3.05) is 6.54 Å². The lowest BCUT2D eigenvalue weighted by molar-refractivity contribution is -0.140. The molecule has 7 heteroatoms. The first-order chi connectivity index (χ1) is 13.5. The monoisotopic (exact) mass is 376 g/mol. The number of para-hydroxylation sites is 1. The number of primary amides is 2. The lowest BCUT2D eigenvalue weighted by atomic mass is 9.92. The van der Waals surface area contributed by atoms with Crippen LogP contribution in [-0.4, -0.2) is 33.7 Å². The SMILES string of the molecule is NC(=O)c1cn(CC(=O)N2CCc3ccccc3C2C(N)=O)c2ccccc12. The highest BCUT2D eigenvalue weighted by Gasteiger charge is 2.34. The van der Waals surface area contributed by atoms with Gasteiger partial charge in [0.1, 0.15) is 12.6 Å². The third-order valence-electron chi connectivity index (χ3n) is 5.23. The van der Waals surface area contributed by atoms with Crippen LogP contribution >= 0.6 is 0 Å². The molecular formula is C21H20N4O3. The van der Waals surface area contributed by atoms with Crippen molar-refractivity contribution < 1.29 is 14.4 Å². The smallest absolute Gasteiger partial charge is 0.250 e. The maximum absolute atomic E-state index is 13.1. The fraction of sp³-hybridized carbons (Fsp3) is 0.190. The van der Waals surface area contributed by atoms with Gasteiger partial charge in [-0.05, 0) is 23.6 Å². The Morgan fingerprint density at radius 3 is 2.46 bits per heavy atom. The summed E-state index contributed by atoms with van der Waals surface area (Å²) in [6.45, 7) is 0.394. The maximum Gasteiger partial charge on any atom is 0.250 e. The summed E-state index contributed by atoms with van der Waals surface area (Å²) in [5.41, 5.74) is 14.0. The summed E-state index contributed by atoms with van der Waals surface area (Å²) < 4.78 is 1.69. The van der Waals surface area contributed by atoms with E-state index in [9.17, 15) is 14.4 Å². The second-order valence-corrected chi connectivity index (χ2v) is 6.89. The van der Waals surface area contributed by atoms with Gasteiger partial charge in [-0.2, -0.15) is 0 Å². The fourth-order valence-corrected chi connectivity index (χ4v) is 3.95. The van der Waals surface area contributed by atoms with Crippen LogP contribution in [-0.2, 0) is 22.6 Å². The summed E-state index contributed by atoms with van der Waals surface area (Å²) in [6.07, 6.45) is 2.24. The van der Waals surface area contributed by atoms with E-state index in [1.807, 2.05) is 42.5 Å². The molecule has 1 unspecified atom stereocenters. The summed E-state index contributed by atoms with van der Waals surface area (Å²) in [4.78, 5) is 38.5. The minimum absolute atomic E-state index is 0.0141. The molecule has 4 rings (SSSR count). The van der Waals surface area contributed by atoms with Crippen molar-refractivity contribution in [2.45, 2.75) is 19.0 Å². The quantitative estimate of drug-likeness (QED) is 0.717. The van der Waals surface area contributed by atoms with Crippen molar-refractivity contribution in [3.8, 4) is 0 Å². The van der Waals surface area contributed by atoms with Crippen molar-refractivity contribution >= 4 is 28.6 Å². The van der Waals surface area contributed by atoms with Crippen LogP contribution in [0.3, 0.4) is 0 Å². The number of amides is 3. The van der Waals surface area contributed by atoms with E-state index < -0.39 is 17.9 Å². The third-order valence-corrected chi connectivity index (χ3v) is 5.23. The second kappa shape index (κ2) is 6.84. The summed E-state index contributed by atoms with van der Waals surface area (Å²) in [5, 5.41) is 0.693. The Balaban J connectivity index is 1.68. The highest BCUT2D eigenvalue weighted by molar-refractivity contribution is 6.06. The first-order valence-corrected chi connectivity index (χ1v) is 9.01. The first-order valence-electron chi connectivity index (χ1n) is 9.01. The van der Waals surface area contributed by atoms with Crippen molar-refractivity contribution in [1.82, 2.24) is 9.47 Å². The van der Waals surface area contributed by atoms with Crippen molar-refractivity contribution in [3.63, 3.8) is 0 Å². The van der Waals surface area contributed by atoms with Crippen LogP contribution in [0.25, 0.3) is 10.9 Å².